The summed E-state index contributed by atoms with van der Waals surface area (Å²) in [7, 11) is -3.91. The van der Waals surface area contributed by atoms with Crippen molar-refractivity contribution < 1.29 is 18.0 Å². The molecule has 0 aliphatic heterocycles. The molecule has 8 heteroatoms. The predicted molar refractivity (Wildman–Crippen MR) is 92.0 cm³/mol. The lowest BCUT2D eigenvalue weighted by Crippen LogP contribution is -2.47. The zero-order chi connectivity index (χ0) is 18.7. The maximum Gasteiger partial charge on any atom is 0.254 e. The molecule has 0 heterocycles. The zero-order valence-corrected chi connectivity index (χ0v) is 15.5. The average Bonchev–Trinajstić information content (AvgIpc) is 2.41. The molecule has 0 saturated carbocycles. The van der Waals surface area contributed by atoms with Crippen LogP contribution in [0.3, 0.4) is 0 Å². The van der Waals surface area contributed by atoms with E-state index < -0.39 is 21.5 Å². The van der Waals surface area contributed by atoms with E-state index in [1.165, 1.54) is 23.1 Å². The van der Waals surface area contributed by atoms with Gasteiger partial charge in [0.05, 0.1) is 11.4 Å². The van der Waals surface area contributed by atoms with Gasteiger partial charge >= 0.3 is 0 Å². The van der Waals surface area contributed by atoms with Crippen molar-refractivity contribution in [1.82, 2.24) is 10.2 Å². The average molecular weight is 355 g/mol. The van der Waals surface area contributed by atoms with Crippen LogP contribution in [0.1, 0.15) is 43.6 Å². The number of rotatable bonds is 5. The van der Waals surface area contributed by atoms with E-state index in [0.29, 0.717) is 12.1 Å². The van der Waals surface area contributed by atoms with Crippen LogP contribution in [0.25, 0.3) is 0 Å². The second-order valence-corrected chi connectivity index (χ2v) is 8.20. The fourth-order valence-corrected chi connectivity index (χ4v) is 2.68. The molecule has 0 aliphatic carbocycles. The number of likely N-dealkylation sites (N-methyl/N-ethyl adjacent to an activating group) is 1. The molecule has 1 rings (SSSR count). The molecule has 134 valence electrons. The number of benzene rings is 1. The number of nitrogens with one attached hydrogen (secondary N) is 1. The first-order chi connectivity index (χ1) is 10.8. The molecule has 7 nitrogen and oxygen atoms in total. The number of nitrogens with two attached hydrogens (primary N) is 1. The third kappa shape index (κ3) is 5.61. The van der Waals surface area contributed by atoms with Crippen LogP contribution >= 0.6 is 0 Å². The van der Waals surface area contributed by atoms with Crippen LogP contribution in [0.4, 0.5) is 0 Å². The predicted octanol–water partition coefficient (Wildman–Crippen LogP) is 1.02. The Morgan fingerprint density at radius 3 is 2.29 bits per heavy atom. The Kier molecular flexibility index (Phi) is 6.13. The first-order valence-electron chi connectivity index (χ1n) is 7.59. The standard InChI is InChI=1S/C16H25N3O4S/c1-6-19(10-14(20)18-16(3,4)5)15(21)13-9-12(24(17,22)23)8-7-11(13)2/h7-9H,6,10H2,1-5H3,(H,18,20)(H2,17,22,23). The van der Waals surface area contributed by atoms with E-state index in [-0.39, 0.29) is 22.9 Å². The Hall–Kier alpha value is -1.93. The molecular weight excluding hydrogens is 330 g/mol. The van der Waals surface area contributed by atoms with Crippen LogP contribution in [0.5, 0.6) is 0 Å². The van der Waals surface area contributed by atoms with Gasteiger partial charge in [-0.2, -0.15) is 0 Å². The van der Waals surface area contributed by atoms with Crippen LogP contribution in [-0.4, -0.2) is 43.8 Å². The van der Waals surface area contributed by atoms with Gasteiger partial charge in [0.2, 0.25) is 15.9 Å². The zero-order valence-electron chi connectivity index (χ0n) is 14.7. The molecule has 0 bridgehead atoms. The highest BCUT2D eigenvalue weighted by Crippen LogP contribution is 2.16. The summed E-state index contributed by atoms with van der Waals surface area (Å²) in [5, 5.41) is 7.91. The summed E-state index contributed by atoms with van der Waals surface area (Å²) in [4.78, 5) is 26.0. The van der Waals surface area contributed by atoms with Crippen LogP contribution in [0, 0.1) is 6.92 Å². The molecule has 0 radical (unpaired) electrons. The minimum Gasteiger partial charge on any atom is -0.350 e. The molecule has 24 heavy (non-hydrogen) atoms. The van der Waals surface area contributed by atoms with E-state index in [1.807, 2.05) is 20.8 Å². The van der Waals surface area contributed by atoms with Crippen LogP contribution < -0.4 is 10.5 Å². The Bertz CT molecular complexity index is 736. The summed E-state index contributed by atoms with van der Waals surface area (Å²) in [6.45, 7) is 9.21. The van der Waals surface area contributed by atoms with Gasteiger partial charge in [0, 0.05) is 17.6 Å². The molecule has 0 spiro atoms. The molecule has 0 aliphatic rings. The van der Waals surface area contributed by atoms with E-state index in [2.05, 4.69) is 5.32 Å². The summed E-state index contributed by atoms with van der Waals surface area (Å²) in [5.41, 5.74) is 0.428. The minimum absolute atomic E-state index is 0.106. The highest BCUT2D eigenvalue weighted by Gasteiger charge is 2.22. The Morgan fingerprint density at radius 2 is 1.83 bits per heavy atom. The van der Waals surface area contributed by atoms with E-state index in [9.17, 15) is 18.0 Å². The van der Waals surface area contributed by atoms with E-state index in [0.717, 1.165) is 0 Å². The lowest BCUT2D eigenvalue weighted by molar-refractivity contribution is -0.123. The normalized spacial score (nSPS) is 11.9. The van der Waals surface area contributed by atoms with Crippen LogP contribution in [-0.2, 0) is 14.8 Å². The first kappa shape index (κ1) is 20.1. The molecule has 2 amide bonds. The largest absolute Gasteiger partial charge is 0.350 e. The summed E-state index contributed by atoms with van der Waals surface area (Å²) in [5.74, 6) is -0.692. The summed E-state index contributed by atoms with van der Waals surface area (Å²) in [6.07, 6.45) is 0. The second-order valence-electron chi connectivity index (χ2n) is 6.64. The number of nitrogens with zero attached hydrogens (tertiary/aromatic N) is 1. The number of primary sulfonamides is 1. The van der Waals surface area contributed by atoms with Gasteiger partial charge in [0.25, 0.3) is 5.91 Å². The van der Waals surface area contributed by atoms with Crippen molar-refractivity contribution in [2.75, 3.05) is 13.1 Å². The SMILES string of the molecule is CCN(CC(=O)NC(C)(C)C)C(=O)c1cc(S(N)(=O)=O)ccc1C. The van der Waals surface area contributed by atoms with E-state index in [4.69, 9.17) is 5.14 Å². The van der Waals surface area contributed by atoms with Crippen molar-refractivity contribution in [2.24, 2.45) is 5.14 Å². The van der Waals surface area contributed by atoms with Gasteiger partial charge in [-0.3, -0.25) is 9.59 Å². The molecule has 0 atom stereocenters. The third-order valence-corrected chi connectivity index (χ3v) is 4.20. The van der Waals surface area contributed by atoms with Gasteiger partial charge < -0.3 is 10.2 Å². The number of carbonyl (C=O) groups excluding carboxylic acids is 2. The van der Waals surface area contributed by atoms with Crippen LogP contribution in [0.15, 0.2) is 23.1 Å². The summed E-state index contributed by atoms with van der Waals surface area (Å²) >= 11 is 0. The fourth-order valence-electron chi connectivity index (χ4n) is 2.14. The second kappa shape index (κ2) is 7.31. The van der Waals surface area contributed by atoms with Crippen molar-refractivity contribution in [1.29, 1.82) is 0 Å². The number of amides is 2. The van der Waals surface area contributed by atoms with Gasteiger partial charge in [-0.25, -0.2) is 13.6 Å². The number of aryl methyl sites for hydroxylation is 1. The fraction of sp³-hybridized carbons (Fsp3) is 0.500. The van der Waals surface area contributed by atoms with Crippen molar-refractivity contribution in [3.8, 4) is 0 Å². The van der Waals surface area contributed by atoms with Crippen LogP contribution in [0.2, 0.25) is 0 Å². The van der Waals surface area contributed by atoms with Crippen molar-refractivity contribution >= 4 is 21.8 Å². The Balaban J connectivity index is 3.08. The number of sulfonamides is 1. The topological polar surface area (TPSA) is 110 Å². The molecule has 0 aromatic heterocycles. The quantitative estimate of drug-likeness (QED) is 0.821. The number of hydrogen-bond donors (Lipinski definition) is 2. The lowest BCUT2D eigenvalue weighted by Gasteiger charge is -2.25. The molecule has 0 unspecified atom stereocenters. The molecule has 0 saturated heterocycles. The van der Waals surface area contributed by atoms with Gasteiger partial charge in [0.1, 0.15) is 0 Å². The van der Waals surface area contributed by atoms with Gasteiger partial charge in [-0.05, 0) is 52.3 Å². The first-order valence-corrected chi connectivity index (χ1v) is 9.13. The highest BCUT2D eigenvalue weighted by molar-refractivity contribution is 7.89. The number of hydrogen-bond acceptors (Lipinski definition) is 4. The van der Waals surface area contributed by atoms with Crippen molar-refractivity contribution in [3.63, 3.8) is 0 Å². The lowest BCUT2D eigenvalue weighted by atomic mass is 10.1. The Morgan fingerprint density at radius 1 is 1.25 bits per heavy atom. The maximum absolute atomic E-state index is 12.7. The molecule has 1 aromatic carbocycles. The Labute approximate surface area is 143 Å². The maximum atomic E-state index is 12.7. The summed E-state index contributed by atoms with van der Waals surface area (Å²) in [6, 6.07) is 4.12. The van der Waals surface area contributed by atoms with Gasteiger partial charge in [-0.1, -0.05) is 6.07 Å². The highest BCUT2D eigenvalue weighted by atomic mass is 32.2. The number of carbonyl (C=O) groups is 2. The minimum atomic E-state index is -3.91. The van der Waals surface area contributed by atoms with Gasteiger partial charge in [0.15, 0.2) is 0 Å². The van der Waals surface area contributed by atoms with E-state index in [1.54, 1.807) is 13.8 Å². The smallest absolute Gasteiger partial charge is 0.254 e. The molecule has 1 aromatic rings. The molecular formula is C16H25N3O4S. The molecule has 0 fully saturated rings. The van der Waals surface area contributed by atoms with E-state index >= 15 is 0 Å². The monoisotopic (exact) mass is 355 g/mol. The van der Waals surface area contributed by atoms with Crippen molar-refractivity contribution in [3.05, 3.63) is 29.3 Å². The molecule has 3 N–H and O–H groups in total. The summed E-state index contributed by atoms with van der Waals surface area (Å²) < 4.78 is 23.0. The van der Waals surface area contributed by atoms with Crippen molar-refractivity contribution in [2.45, 2.75) is 45.1 Å². The third-order valence-electron chi connectivity index (χ3n) is 3.29. The van der Waals surface area contributed by atoms with Gasteiger partial charge in [-0.15, -0.1) is 0 Å².